The van der Waals surface area contributed by atoms with Crippen molar-refractivity contribution >= 4 is 28.3 Å². The highest BCUT2D eigenvalue weighted by molar-refractivity contribution is 5.99. The molecule has 0 bridgehead atoms. The molecule has 142 valence electrons. The molecule has 1 amide bonds. The molecule has 2 aliphatic carbocycles. The summed E-state index contributed by atoms with van der Waals surface area (Å²) in [6.45, 7) is 3.99. The van der Waals surface area contributed by atoms with Crippen LogP contribution in [0.2, 0.25) is 0 Å². The van der Waals surface area contributed by atoms with Gasteiger partial charge in [0.05, 0.1) is 5.69 Å². The molecule has 6 nitrogen and oxygen atoms in total. The molecule has 2 aliphatic rings. The standard InChI is InChI=1S/C22H20N4O2.H2/c1-11-3-4-23-9-17(11)19-5-13-6-20(24-10-18(13)12(2)25-19)26-22(28)21-15-7-14(27)8-16(15)21;/h3-6,9-10,15-16,21H,7-8H2,1-2H3,(H,24,26,28);1H/t15-,16+,21?;. The molecule has 2 saturated carbocycles. The van der Waals surface area contributed by atoms with Gasteiger partial charge in [0.25, 0.3) is 0 Å². The predicted molar refractivity (Wildman–Crippen MR) is 108 cm³/mol. The molecule has 3 aromatic rings. The zero-order valence-corrected chi connectivity index (χ0v) is 15.8. The summed E-state index contributed by atoms with van der Waals surface area (Å²) in [5, 5.41) is 4.87. The third-order valence-corrected chi connectivity index (χ3v) is 6.03. The number of aromatic nitrogens is 3. The van der Waals surface area contributed by atoms with Crippen molar-refractivity contribution in [3.05, 3.63) is 48.0 Å². The van der Waals surface area contributed by atoms with Gasteiger partial charge in [-0.1, -0.05) is 0 Å². The van der Waals surface area contributed by atoms with Crippen LogP contribution in [0.15, 0.2) is 36.8 Å². The van der Waals surface area contributed by atoms with Crippen molar-refractivity contribution in [1.82, 2.24) is 15.0 Å². The fourth-order valence-electron chi connectivity index (χ4n) is 4.46. The van der Waals surface area contributed by atoms with Crippen LogP contribution in [-0.4, -0.2) is 26.6 Å². The highest BCUT2D eigenvalue weighted by Gasteiger charge is 2.59. The summed E-state index contributed by atoms with van der Waals surface area (Å²) in [5.74, 6) is 1.22. The molecule has 3 aromatic heterocycles. The molecular formula is C22H22N4O2. The van der Waals surface area contributed by atoms with Crippen molar-refractivity contribution in [1.29, 1.82) is 0 Å². The van der Waals surface area contributed by atoms with Gasteiger partial charge in [0.2, 0.25) is 5.91 Å². The predicted octanol–water partition coefficient (Wildman–Crippen LogP) is 3.72. The maximum Gasteiger partial charge on any atom is 0.229 e. The van der Waals surface area contributed by atoms with E-state index in [1.165, 1.54) is 0 Å². The molecule has 0 radical (unpaired) electrons. The highest BCUT2D eigenvalue weighted by atomic mass is 16.2. The lowest BCUT2D eigenvalue weighted by molar-refractivity contribution is -0.120. The van der Waals surface area contributed by atoms with E-state index in [9.17, 15) is 9.59 Å². The number of nitrogens with one attached hydrogen (secondary N) is 1. The molecule has 3 heterocycles. The number of hydrogen-bond acceptors (Lipinski definition) is 5. The highest BCUT2D eigenvalue weighted by Crippen LogP contribution is 2.56. The molecular weight excluding hydrogens is 352 g/mol. The van der Waals surface area contributed by atoms with Gasteiger partial charge in [-0.05, 0) is 54.8 Å². The molecule has 1 N–H and O–H groups in total. The number of rotatable bonds is 3. The van der Waals surface area contributed by atoms with Gasteiger partial charge in [-0.15, -0.1) is 0 Å². The van der Waals surface area contributed by atoms with E-state index in [1.54, 1.807) is 12.4 Å². The second-order valence-electron chi connectivity index (χ2n) is 7.86. The number of hydrogen-bond donors (Lipinski definition) is 1. The molecule has 2 fully saturated rings. The van der Waals surface area contributed by atoms with Gasteiger partial charge in [-0.25, -0.2) is 4.98 Å². The summed E-state index contributed by atoms with van der Waals surface area (Å²) >= 11 is 0. The number of anilines is 1. The van der Waals surface area contributed by atoms with Crippen LogP contribution in [0.25, 0.3) is 22.0 Å². The Balaban J connectivity index is 0.00000205. The maximum atomic E-state index is 12.5. The van der Waals surface area contributed by atoms with Crippen molar-refractivity contribution in [2.75, 3.05) is 5.32 Å². The van der Waals surface area contributed by atoms with E-state index in [0.29, 0.717) is 18.7 Å². The molecule has 5 rings (SSSR count). The Morgan fingerprint density at radius 2 is 1.96 bits per heavy atom. The summed E-state index contributed by atoms with van der Waals surface area (Å²) in [4.78, 5) is 37.3. The second-order valence-corrected chi connectivity index (χ2v) is 7.86. The summed E-state index contributed by atoms with van der Waals surface area (Å²) < 4.78 is 0. The average Bonchev–Trinajstić information content (AvgIpc) is 3.18. The molecule has 28 heavy (non-hydrogen) atoms. The molecule has 1 unspecified atom stereocenters. The molecule has 0 aliphatic heterocycles. The second kappa shape index (κ2) is 6.19. The van der Waals surface area contributed by atoms with Crippen molar-refractivity contribution in [2.45, 2.75) is 26.7 Å². The molecule has 0 aromatic carbocycles. The Morgan fingerprint density at radius 3 is 2.71 bits per heavy atom. The van der Waals surface area contributed by atoms with Gasteiger partial charge in [-0.3, -0.25) is 19.6 Å². The van der Waals surface area contributed by atoms with Crippen LogP contribution in [0.3, 0.4) is 0 Å². The lowest BCUT2D eigenvalue weighted by Crippen LogP contribution is -2.18. The van der Waals surface area contributed by atoms with E-state index in [4.69, 9.17) is 4.98 Å². The zero-order chi connectivity index (χ0) is 19.4. The van der Waals surface area contributed by atoms with E-state index >= 15 is 0 Å². The normalized spacial score (nSPS) is 22.9. The van der Waals surface area contributed by atoms with Crippen LogP contribution >= 0.6 is 0 Å². The van der Waals surface area contributed by atoms with Gasteiger partial charge in [0, 0.05) is 55.4 Å². The van der Waals surface area contributed by atoms with Crippen LogP contribution in [0.4, 0.5) is 5.82 Å². The Bertz CT molecular complexity index is 1130. The first kappa shape index (κ1) is 17.0. The maximum absolute atomic E-state index is 12.5. The first-order valence-corrected chi connectivity index (χ1v) is 9.52. The minimum atomic E-state index is -0.0389. The Hall–Kier alpha value is -3.15. The van der Waals surface area contributed by atoms with Crippen LogP contribution in [0.5, 0.6) is 0 Å². The summed E-state index contributed by atoms with van der Waals surface area (Å²) in [5.41, 5.74) is 3.84. The first-order valence-electron chi connectivity index (χ1n) is 9.52. The number of ketones is 1. The van der Waals surface area contributed by atoms with Crippen LogP contribution in [0, 0.1) is 31.6 Å². The SMILES string of the molecule is Cc1ccncc1-c1cc2cc(NC(=O)C3[C@H]4CC(=O)C[C@@H]34)ncc2c(C)n1.[HH]. The third-order valence-electron chi connectivity index (χ3n) is 6.03. The number of carbonyl (C=O) groups is 2. The number of amides is 1. The third kappa shape index (κ3) is 2.76. The van der Waals surface area contributed by atoms with Crippen LogP contribution < -0.4 is 5.32 Å². The van der Waals surface area contributed by atoms with Crippen molar-refractivity contribution in [3.8, 4) is 11.3 Å². The van der Waals surface area contributed by atoms with Crippen molar-refractivity contribution < 1.29 is 11.0 Å². The zero-order valence-electron chi connectivity index (χ0n) is 15.8. The monoisotopic (exact) mass is 374 g/mol. The Labute approximate surface area is 163 Å². The molecule has 3 atom stereocenters. The average molecular weight is 374 g/mol. The number of fused-ring (bicyclic) bond motifs is 2. The number of Topliss-reactive ketones (excluding diaryl/α,β-unsaturated/α-hetero) is 1. The van der Waals surface area contributed by atoms with E-state index in [0.717, 1.165) is 33.3 Å². The lowest BCUT2D eigenvalue weighted by atomic mass is 10.0. The van der Waals surface area contributed by atoms with Crippen molar-refractivity contribution in [3.63, 3.8) is 0 Å². The number of pyridine rings is 3. The van der Waals surface area contributed by atoms with Gasteiger partial charge in [0.15, 0.2) is 0 Å². The quantitative estimate of drug-likeness (QED) is 0.755. The first-order chi connectivity index (χ1) is 13.5. The minimum absolute atomic E-state index is 0. The fourth-order valence-corrected chi connectivity index (χ4v) is 4.46. The van der Waals surface area contributed by atoms with Gasteiger partial charge in [0.1, 0.15) is 11.6 Å². The van der Waals surface area contributed by atoms with E-state index in [2.05, 4.69) is 15.3 Å². The topological polar surface area (TPSA) is 84.8 Å². The number of nitrogens with zero attached hydrogens (tertiary/aromatic N) is 3. The molecule has 0 saturated heterocycles. The largest absolute Gasteiger partial charge is 0.310 e. The van der Waals surface area contributed by atoms with E-state index in [1.807, 2.05) is 38.2 Å². The smallest absolute Gasteiger partial charge is 0.229 e. The lowest BCUT2D eigenvalue weighted by Gasteiger charge is -2.10. The van der Waals surface area contributed by atoms with E-state index in [-0.39, 0.29) is 30.9 Å². The minimum Gasteiger partial charge on any atom is -0.310 e. The number of carbonyl (C=O) groups excluding carboxylic acids is 2. The Kier molecular flexibility index (Phi) is 3.75. The van der Waals surface area contributed by atoms with Crippen LogP contribution in [-0.2, 0) is 9.59 Å². The van der Waals surface area contributed by atoms with Gasteiger partial charge in [-0.2, -0.15) is 0 Å². The van der Waals surface area contributed by atoms with E-state index < -0.39 is 0 Å². The van der Waals surface area contributed by atoms with Gasteiger partial charge >= 0.3 is 0 Å². The summed E-state index contributed by atoms with van der Waals surface area (Å²) in [7, 11) is 0. The summed E-state index contributed by atoms with van der Waals surface area (Å²) in [6.07, 6.45) is 6.44. The Morgan fingerprint density at radius 1 is 1.18 bits per heavy atom. The fraction of sp³-hybridized carbons (Fsp3) is 0.318. The number of aryl methyl sites for hydroxylation is 2. The van der Waals surface area contributed by atoms with Crippen molar-refractivity contribution in [2.24, 2.45) is 17.8 Å². The van der Waals surface area contributed by atoms with Gasteiger partial charge < -0.3 is 5.32 Å². The molecule has 6 heteroatoms. The molecule has 0 spiro atoms. The summed E-state index contributed by atoms with van der Waals surface area (Å²) in [6, 6.07) is 5.86. The van der Waals surface area contributed by atoms with Crippen LogP contribution in [0.1, 0.15) is 25.5 Å².